The van der Waals surface area contributed by atoms with E-state index in [0.717, 1.165) is 37.1 Å². The third-order valence-corrected chi connectivity index (χ3v) is 4.83. The Morgan fingerprint density at radius 1 is 1.42 bits per heavy atom. The number of hydrogen-bond acceptors (Lipinski definition) is 4. The zero-order valence-corrected chi connectivity index (χ0v) is 13.7. The Labute approximate surface area is 141 Å². The van der Waals surface area contributed by atoms with E-state index in [4.69, 9.17) is 0 Å². The summed E-state index contributed by atoms with van der Waals surface area (Å²) in [6.45, 7) is 3.56. The molecule has 1 fully saturated rings. The van der Waals surface area contributed by atoms with Gasteiger partial charge in [-0.25, -0.2) is 4.98 Å². The van der Waals surface area contributed by atoms with Crippen LogP contribution >= 0.6 is 11.3 Å². The lowest BCUT2D eigenvalue weighted by molar-refractivity contribution is -0.137. The van der Waals surface area contributed by atoms with E-state index in [1.165, 1.54) is 0 Å². The van der Waals surface area contributed by atoms with Gasteiger partial charge in [-0.2, -0.15) is 13.2 Å². The van der Waals surface area contributed by atoms with E-state index in [2.05, 4.69) is 22.2 Å². The molecule has 1 saturated carbocycles. The molecule has 1 unspecified atom stereocenters. The number of rotatable bonds is 6. The van der Waals surface area contributed by atoms with Crippen molar-refractivity contribution in [3.63, 3.8) is 0 Å². The van der Waals surface area contributed by atoms with Crippen molar-refractivity contribution in [3.8, 4) is 0 Å². The summed E-state index contributed by atoms with van der Waals surface area (Å²) in [5.74, 6) is -0.841. The Hall–Kier alpha value is -1.90. The van der Waals surface area contributed by atoms with Gasteiger partial charge in [0.1, 0.15) is 5.69 Å². The molecule has 5 nitrogen and oxygen atoms in total. The van der Waals surface area contributed by atoms with Crippen LogP contribution in [0.25, 0.3) is 0 Å². The van der Waals surface area contributed by atoms with Crippen LogP contribution in [0.3, 0.4) is 0 Å². The molecule has 0 bridgehead atoms. The van der Waals surface area contributed by atoms with Gasteiger partial charge in [-0.3, -0.25) is 9.59 Å². The normalized spacial score (nSPS) is 16.6. The summed E-state index contributed by atoms with van der Waals surface area (Å²) in [4.78, 5) is 26.9. The Morgan fingerprint density at radius 2 is 2.08 bits per heavy atom. The topological polar surface area (TPSA) is 71.1 Å². The number of amides is 2. The number of halogens is 3. The lowest BCUT2D eigenvalue weighted by Gasteiger charge is -2.24. The van der Waals surface area contributed by atoms with E-state index >= 15 is 0 Å². The van der Waals surface area contributed by atoms with Crippen LogP contribution in [0.15, 0.2) is 18.0 Å². The molecule has 132 valence electrons. The summed E-state index contributed by atoms with van der Waals surface area (Å²) in [5, 5.41) is 5.37. The Morgan fingerprint density at radius 3 is 2.62 bits per heavy atom. The van der Waals surface area contributed by atoms with Crippen molar-refractivity contribution in [1.29, 1.82) is 0 Å². The quantitative estimate of drug-likeness (QED) is 0.766. The van der Waals surface area contributed by atoms with Gasteiger partial charge in [0.25, 0.3) is 5.91 Å². The van der Waals surface area contributed by atoms with E-state index in [0.29, 0.717) is 11.3 Å². The first-order valence-electron chi connectivity index (χ1n) is 7.55. The molecule has 0 aromatic carbocycles. The Balaban J connectivity index is 2.04. The summed E-state index contributed by atoms with van der Waals surface area (Å²) in [6.07, 6.45) is 0.428. The molecule has 0 radical (unpaired) electrons. The smallest absolute Gasteiger partial charge is 0.350 e. The number of nitrogens with one attached hydrogen (secondary N) is 2. The molecular formula is C15H18F3N3O2S. The average molecular weight is 361 g/mol. The minimum absolute atomic E-state index is 0.180. The predicted octanol–water partition coefficient (Wildman–Crippen LogP) is 2.75. The van der Waals surface area contributed by atoms with Crippen LogP contribution < -0.4 is 10.6 Å². The first-order chi connectivity index (χ1) is 11.3. The molecular weight excluding hydrogens is 343 g/mol. The summed E-state index contributed by atoms with van der Waals surface area (Å²) >= 11 is 0.386. The van der Waals surface area contributed by atoms with Crippen molar-refractivity contribution in [2.24, 2.45) is 5.92 Å². The molecule has 2 N–H and O–H groups in total. The van der Waals surface area contributed by atoms with Gasteiger partial charge in [0.15, 0.2) is 5.01 Å². The van der Waals surface area contributed by atoms with Crippen LogP contribution in [-0.2, 0) is 11.0 Å². The third kappa shape index (κ3) is 4.80. The number of carbonyl (C=O) groups excluding carboxylic acids is 2. The van der Waals surface area contributed by atoms with Gasteiger partial charge in [-0.05, 0) is 24.8 Å². The second-order valence-electron chi connectivity index (χ2n) is 5.61. The highest BCUT2D eigenvalue weighted by atomic mass is 32.1. The number of thiazole rings is 1. The van der Waals surface area contributed by atoms with Crippen LogP contribution in [-0.4, -0.2) is 29.4 Å². The molecule has 1 aromatic heterocycles. The molecule has 1 atom stereocenters. The summed E-state index contributed by atoms with van der Waals surface area (Å²) in [7, 11) is 0. The molecule has 2 amide bonds. The molecule has 1 heterocycles. The highest BCUT2D eigenvalue weighted by Gasteiger charge is 2.35. The highest BCUT2D eigenvalue weighted by molar-refractivity contribution is 7.09. The third-order valence-electron chi connectivity index (χ3n) is 3.95. The Kier molecular flexibility index (Phi) is 5.98. The summed E-state index contributed by atoms with van der Waals surface area (Å²) in [5.41, 5.74) is -0.259. The molecule has 0 saturated heterocycles. The first kappa shape index (κ1) is 18.4. The molecule has 9 heteroatoms. The monoisotopic (exact) mass is 361 g/mol. The van der Waals surface area contributed by atoms with E-state index in [9.17, 15) is 22.8 Å². The number of hydrogen-bond donors (Lipinski definition) is 2. The lowest BCUT2D eigenvalue weighted by atomic mass is 9.97. The first-order valence-corrected chi connectivity index (χ1v) is 8.43. The number of carbonyl (C=O) groups is 2. The number of alkyl halides is 3. The average Bonchev–Trinajstić information content (AvgIpc) is 3.20. The SMILES string of the molecule is C=CC(=O)NCC(NC(=O)c1csc(C(F)(F)F)n1)C1CCCC1. The molecule has 1 aromatic rings. The second-order valence-corrected chi connectivity index (χ2v) is 6.47. The molecule has 1 aliphatic carbocycles. The minimum atomic E-state index is -4.56. The van der Waals surface area contributed by atoms with Crippen molar-refractivity contribution >= 4 is 23.2 Å². The zero-order valence-electron chi connectivity index (χ0n) is 12.9. The van der Waals surface area contributed by atoms with Gasteiger partial charge >= 0.3 is 6.18 Å². The van der Waals surface area contributed by atoms with Crippen LogP contribution in [0.1, 0.15) is 41.2 Å². The van der Waals surface area contributed by atoms with Crippen molar-refractivity contribution in [3.05, 3.63) is 28.7 Å². The van der Waals surface area contributed by atoms with Crippen molar-refractivity contribution in [2.45, 2.75) is 37.9 Å². The van der Waals surface area contributed by atoms with E-state index in [1.54, 1.807) is 0 Å². The maximum Gasteiger partial charge on any atom is 0.443 e. The van der Waals surface area contributed by atoms with E-state index in [-0.39, 0.29) is 30.1 Å². The summed E-state index contributed by atoms with van der Waals surface area (Å²) < 4.78 is 37.7. The van der Waals surface area contributed by atoms with Gasteiger partial charge in [0.2, 0.25) is 5.91 Å². The predicted molar refractivity (Wildman–Crippen MR) is 83.5 cm³/mol. The summed E-state index contributed by atoms with van der Waals surface area (Å²) in [6, 6.07) is -0.347. The van der Waals surface area contributed by atoms with Crippen molar-refractivity contribution in [2.75, 3.05) is 6.54 Å². The van der Waals surface area contributed by atoms with Crippen LogP contribution in [0.4, 0.5) is 13.2 Å². The fourth-order valence-corrected chi connectivity index (χ4v) is 3.40. The highest BCUT2D eigenvalue weighted by Crippen LogP contribution is 2.32. The fourth-order valence-electron chi connectivity index (χ4n) is 2.73. The fraction of sp³-hybridized carbons (Fsp3) is 0.533. The van der Waals surface area contributed by atoms with E-state index in [1.807, 2.05) is 0 Å². The molecule has 2 rings (SSSR count). The molecule has 0 spiro atoms. The van der Waals surface area contributed by atoms with Gasteiger partial charge < -0.3 is 10.6 Å². The maximum absolute atomic E-state index is 12.6. The molecule has 0 aliphatic heterocycles. The van der Waals surface area contributed by atoms with Gasteiger partial charge in [0.05, 0.1) is 0 Å². The zero-order chi connectivity index (χ0) is 17.7. The van der Waals surface area contributed by atoms with Crippen molar-refractivity contribution < 1.29 is 22.8 Å². The lowest BCUT2D eigenvalue weighted by Crippen LogP contribution is -2.47. The van der Waals surface area contributed by atoms with Crippen LogP contribution in [0.5, 0.6) is 0 Å². The van der Waals surface area contributed by atoms with Gasteiger partial charge in [-0.15, -0.1) is 11.3 Å². The largest absolute Gasteiger partial charge is 0.443 e. The second kappa shape index (κ2) is 7.78. The number of nitrogens with zero attached hydrogens (tertiary/aromatic N) is 1. The van der Waals surface area contributed by atoms with Crippen LogP contribution in [0, 0.1) is 5.92 Å². The van der Waals surface area contributed by atoms with Gasteiger partial charge in [-0.1, -0.05) is 19.4 Å². The van der Waals surface area contributed by atoms with E-state index < -0.39 is 17.1 Å². The van der Waals surface area contributed by atoms with Crippen LogP contribution in [0.2, 0.25) is 0 Å². The number of aromatic nitrogens is 1. The Bertz CT molecular complexity index is 609. The maximum atomic E-state index is 12.6. The standard InChI is InChI=1S/C15H18F3N3O2S/c1-2-12(22)19-7-10(9-5-3-4-6-9)20-13(23)11-8-24-14(21-11)15(16,17)18/h2,8-10H,1,3-7H2,(H,19,22)(H,20,23). The molecule has 24 heavy (non-hydrogen) atoms. The minimum Gasteiger partial charge on any atom is -0.350 e. The van der Waals surface area contributed by atoms with Crippen molar-refractivity contribution in [1.82, 2.24) is 15.6 Å². The molecule has 1 aliphatic rings. The van der Waals surface area contributed by atoms with Gasteiger partial charge in [0, 0.05) is 18.0 Å².